The molecule has 0 aliphatic heterocycles. The molecule has 0 bridgehead atoms. The van der Waals surface area contributed by atoms with Crippen molar-refractivity contribution in [3.8, 4) is 33.5 Å². The SMILES string of the molecule is O=c1c(-c2ccccc2)c[nH]c2nc(-c3ccccc3)c(-c3cc(Cl)c4ncccc4c3)cc12. The predicted molar refractivity (Wildman–Crippen MR) is 139 cm³/mol. The van der Waals surface area contributed by atoms with E-state index >= 15 is 0 Å². The molecule has 0 fully saturated rings. The molecule has 0 saturated carbocycles. The molecule has 6 rings (SSSR count). The fourth-order valence-electron chi connectivity index (χ4n) is 4.32. The molecule has 5 heteroatoms. The highest BCUT2D eigenvalue weighted by molar-refractivity contribution is 6.35. The summed E-state index contributed by atoms with van der Waals surface area (Å²) in [5.74, 6) is 0. The molecule has 0 amide bonds. The van der Waals surface area contributed by atoms with Crippen molar-refractivity contribution in [1.29, 1.82) is 0 Å². The molecule has 0 aliphatic rings. The molecule has 34 heavy (non-hydrogen) atoms. The Morgan fingerprint density at radius 1 is 0.735 bits per heavy atom. The number of nitrogens with zero attached hydrogens (tertiary/aromatic N) is 2. The lowest BCUT2D eigenvalue weighted by atomic mass is 9.96. The van der Waals surface area contributed by atoms with E-state index in [-0.39, 0.29) is 5.43 Å². The number of aromatic amines is 1. The van der Waals surface area contributed by atoms with E-state index in [9.17, 15) is 4.79 Å². The molecule has 4 nitrogen and oxygen atoms in total. The summed E-state index contributed by atoms with van der Waals surface area (Å²) in [4.78, 5) is 26.1. The van der Waals surface area contributed by atoms with E-state index < -0.39 is 0 Å². The Balaban J connectivity index is 1.67. The molecule has 3 heterocycles. The van der Waals surface area contributed by atoms with Gasteiger partial charge in [-0.1, -0.05) is 78.3 Å². The number of hydrogen-bond donors (Lipinski definition) is 1. The van der Waals surface area contributed by atoms with Gasteiger partial charge in [0.2, 0.25) is 0 Å². The summed E-state index contributed by atoms with van der Waals surface area (Å²) in [6.07, 6.45) is 3.46. The van der Waals surface area contributed by atoms with Gasteiger partial charge in [0, 0.05) is 34.5 Å². The Morgan fingerprint density at radius 3 is 2.24 bits per heavy atom. The lowest BCUT2D eigenvalue weighted by molar-refractivity contribution is 1.28. The van der Waals surface area contributed by atoms with Crippen LogP contribution in [0.2, 0.25) is 5.02 Å². The summed E-state index contributed by atoms with van der Waals surface area (Å²) >= 11 is 6.61. The quantitative estimate of drug-likeness (QED) is 0.306. The lowest BCUT2D eigenvalue weighted by Gasteiger charge is -2.13. The third kappa shape index (κ3) is 3.45. The molecule has 6 aromatic rings. The topological polar surface area (TPSA) is 58.6 Å². The van der Waals surface area contributed by atoms with Crippen molar-refractivity contribution >= 4 is 33.5 Å². The summed E-state index contributed by atoms with van der Waals surface area (Å²) in [6.45, 7) is 0. The second kappa shape index (κ2) is 8.25. The average Bonchev–Trinajstić information content (AvgIpc) is 2.89. The first kappa shape index (κ1) is 20.3. The van der Waals surface area contributed by atoms with E-state index in [2.05, 4.69) is 9.97 Å². The van der Waals surface area contributed by atoms with Crippen LogP contribution < -0.4 is 5.43 Å². The number of benzene rings is 3. The number of pyridine rings is 3. The van der Waals surface area contributed by atoms with Crippen LogP contribution in [0.25, 0.3) is 55.4 Å². The zero-order chi connectivity index (χ0) is 23.1. The maximum Gasteiger partial charge on any atom is 0.198 e. The molecular formula is C29H18ClN3O. The minimum absolute atomic E-state index is 0.0677. The third-order valence-corrected chi connectivity index (χ3v) is 6.25. The number of halogens is 1. The molecule has 0 unspecified atom stereocenters. The van der Waals surface area contributed by atoms with E-state index in [1.807, 2.05) is 91.0 Å². The van der Waals surface area contributed by atoms with Gasteiger partial charge in [-0.2, -0.15) is 0 Å². The zero-order valence-electron chi connectivity index (χ0n) is 18.0. The minimum Gasteiger partial charge on any atom is -0.345 e. The van der Waals surface area contributed by atoms with Crippen LogP contribution in [0.4, 0.5) is 0 Å². The van der Waals surface area contributed by atoms with Crippen molar-refractivity contribution < 1.29 is 0 Å². The molecule has 1 N–H and O–H groups in total. The Hall–Kier alpha value is -4.28. The molecular weight excluding hydrogens is 442 g/mol. The maximum absolute atomic E-state index is 13.5. The van der Waals surface area contributed by atoms with Crippen LogP contribution >= 0.6 is 11.6 Å². The highest BCUT2D eigenvalue weighted by Crippen LogP contribution is 2.36. The summed E-state index contributed by atoms with van der Waals surface area (Å²) in [7, 11) is 0. The van der Waals surface area contributed by atoms with E-state index in [0.717, 1.165) is 38.9 Å². The van der Waals surface area contributed by atoms with E-state index in [1.54, 1.807) is 12.4 Å². The number of fused-ring (bicyclic) bond motifs is 2. The smallest absolute Gasteiger partial charge is 0.198 e. The van der Waals surface area contributed by atoms with Crippen LogP contribution in [-0.4, -0.2) is 15.0 Å². The van der Waals surface area contributed by atoms with Crippen molar-refractivity contribution in [2.24, 2.45) is 0 Å². The number of nitrogens with one attached hydrogen (secondary N) is 1. The van der Waals surface area contributed by atoms with Gasteiger partial charge in [0.1, 0.15) is 5.65 Å². The molecule has 0 saturated heterocycles. The minimum atomic E-state index is -0.0677. The molecule has 3 aromatic heterocycles. The van der Waals surface area contributed by atoms with Gasteiger partial charge >= 0.3 is 0 Å². The largest absolute Gasteiger partial charge is 0.345 e. The van der Waals surface area contributed by atoms with Crippen molar-refractivity contribution in [3.05, 3.63) is 119 Å². The first-order valence-corrected chi connectivity index (χ1v) is 11.3. The van der Waals surface area contributed by atoms with Crippen molar-refractivity contribution in [2.45, 2.75) is 0 Å². The van der Waals surface area contributed by atoms with Crippen molar-refractivity contribution in [2.75, 3.05) is 0 Å². The molecule has 3 aromatic carbocycles. The van der Waals surface area contributed by atoms with Gasteiger partial charge < -0.3 is 4.98 Å². The van der Waals surface area contributed by atoms with Crippen LogP contribution in [0, 0.1) is 0 Å². The number of rotatable bonds is 3. The van der Waals surface area contributed by atoms with E-state index in [0.29, 0.717) is 21.6 Å². The monoisotopic (exact) mass is 459 g/mol. The fraction of sp³-hybridized carbons (Fsp3) is 0. The summed E-state index contributed by atoms with van der Waals surface area (Å²) in [6, 6.07) is 29.3. The van der Waals surface area contributed by atoms with Gasteiger partial charge in [0.15, 0.2) is 5.43 Å². The Labute approximate surface area is 200 Å². The second-order valence-corrected chi connectivity index (χ2v) is 8.48. The standard InChI is InChI=1S/C29H18ClN3O/c30-25-15-21(14-20-12-7-13-31-27(20)25)22-16-23-28(34)24(18-8-3-1-4-9-18)17-32-29(23)33-26(22)19-10-5-2-6-11-19/h1-17H,(H,32,33,34). The molecule has 0 spiro atoms. The van der Waals surface area contributed by atoms with Crippen LogP contribution in [-0.2, 0) is 0 Å². The Morgan fingerprint density at radius 2 is 1.47 bits per heavy atom. The predicted octanol–water partition coefficient (Wildman–Crippen LogP) is 7.13. The number of aromatic nitrogens is 3. The normalized spacial score (nSPS) is 11.2. The van der Waals surface area contributed by atoms with Gasteiger partial charge in [-0.15, -0.1) is 0 Å². The number of H-pyrrole nitrogens is 1. The second-order valence-electron chi connectivity index (χ2n) is 8.08. The number of hydrogen-bond acceptors (Lipinski definition) is 3. The molecule has 0 radical (unpaired) electrons. The van der Waals surface area contributed by atoms with Gasteiger partial charge in [-0.3, -0.25) is 9.78 Å². The van der Waals surface area contributed by atoms with Crippen LogP contribution in [0.15, 0.2) is 108 Å². The highest BCUT2D eigenvalue weighted by atomic mass is 35.5. The van der Waals surface area contributed by atoms with Crippen molar-refractivity contribution in [1.82, 2.24) is 15.0 Å². The molecule has 0 aliphatic carbocycles. The maximum atomic E-state index is 13.5. The third-order valence-electron chi connectivity index (χ3n) is 5.97. The average molecular weight is 460 g/mol. The Bertz CT molecular complexity index is 1730. The highest BCUT2D eigenvalue weighted by Gasteiger charge is 2.16. The van der Waals surface area contributed by atoms with Gasteiger partial charge in [0.05, 0.1) is 21.6 Å². The molecule has 0 atom stereocenters. The van der Waals surface area contributed by atoms with Crippen LogP contribution in [0.5, 0.6) is 0 Å². The van der Waals surface area contributed by atoms with Gasteiger partial charge in [-0.25, -0.2) is 4.98 Å². The van der Waals surface area contributed by atoms with Crippen LogP contribution in [0.1, 0.15) is 0 Å². The lowest BCUT2D eigenvalue weighted by Crippen LogP contribution is -2.08. The summed E-state index contributed by atoms with van der Waals surface area (Å²) in [5.41, 5.74) is 6.12. The first-order chi connectivity index (χ1) is 16.7. The zero-order valence-corrected chi connectivity index (χ0v) is 18.8. The van der Waals surface area contributed by atoms with Gasteiger partial charge in [-0.05, 0) is 35.4 Å². The summed E-state index contributed by atoms with van der Waals surface area (Å²) < 4.78 is 0. The molecule has 162 valence electrons. The summed E-state index contributed by atoms with van der Waals surface area (Å²) in [5, 5.41) is 2.01. The van der Waals surface area contributed by atoms with Gasteiger partial charge in [0.25, 0.3) is 0 Å². The van der Waals surface area contributed by atoms with E-state index in [1.165, 1.54) is 0 Å². The van der Waals surface area contributed by atoms with Crippen LogP contribution in [0.3, 0.4) is 0 Å². The Kier molecular flexibility index (Phi) is 4.93. The first-order valence-electron chi connectivity index (χ1n) is 10.9. The fourth-order valence-corrected chi connectivity index (χ4v) is 4.59. The van der Waals surface area contributed by atoms with E-state index in [4.69, 9.17) is 16.6 Å². The van der Waals surface area contributed by atoms with Crippen molar-refractivity contribution in [3.63, 3.8) is 0 Å².